The summed E-state index contributed by atoms with van der Waals surface area (Å²) in [5, 5.41) is 4.35. The highest BCUT2D eigenvalue weighted by Gasteiger charge is 2.04. The van der Waals surface area contributed by atoms with Gasteiger partial charge in [-0.1, -0.05) is 30.3 Å². The lowest BCUT2D eigenvalue weighted by Crippen LogP contribution is -2.01. The van der Waals surface area contributed by atoms with Crippen molar-refractivity contribution in [3.8, 4) is 16.9 Å². The third-order valence-corrected chi connectivity index (χ3v) is 2.97. The predicted octanol–water partition coefficient (Wildman–Crippen LogP) is 2.39. The molecule has 0 atom stereocenters. The van der Waals surface area contributed by atoms with Crippen molar-refractivity contribution < 1.29 is 0 Å². The van der Waals surface area contributed by atoms with Gasteiger partial charge in [0.05, 0.1) is 6.20 Å². The molecule has 0 saturated carbocycles. The van der Waals surface area contributed by atoms with Crippen LogP contribution in [0.15, 0.2) is 61.1 Å². The van der Waals surface area contributed by atoms with Gasteiger partial charge in [-0.2, -0.15) is 5.10 Å². The van der Waals surface area contributed by atoms with E-state index >= 15 is 0 Å². The Bertz CT molecular complexity index is 673. The van der Waals surface area contributed by atoms with E-state index in [4.69, 9.17) is 5.73 Å². The van der Waals surface area contributed by atoms with Gasteiger partial charge >= 0.3 is 0 Å². The molecular formula is C15H14N4. The zero-order valence-electron chi connectivity index (χ0n) is 10.4. The molecule has 0 saturated heterocycles. The highest BCUT2D eigenvalue weighted by molar-refractivity contribution is 5.61. The van der Waals surface area contributed by atoms with Crippen molar-refractivity contribution in [2.24, 2.45) is 5.73 Å². The molecule has 94 valence electrons. The summed E-state index contributed by atoms with van der Waals surface area (Å²) in [7, 11) is 0. The molecule has 0 fully saturated rings. The van der Waals surface area contributed by atoms with E-state index in [1.54, 1.807) is 10.9 Å². The van der Waals surface area contributed by atoms with Crippen LogP contribution in [0.4, 0.5) is 0 Å². The Balaban J connectivity index is 1.97. The van der Waals surface area contributed by atoms with Crippen LogP contribution in [0.3, 0.4) is 0 Å². The van der Waals surface area contributed by atoms with Crippen molar-refractivity contribution in [3.63, 3.8) is 0 Å². The van der Waals surface area contributed by atoms with Gasteiger partial charge in [0.25, 0.3) is 0 Å². The van der Waals surface area contributed by atoms with Gasteiger partial charge in [-0.05, 0) is 23.3 Å². The summed E-state index contributed by atoms with van der Waals surface area (Å²) in [4.78, 5) is 4.31. The van der Waals surface area contributed by atoms with E-state index in [9.17, 15) is 0 Å². The summed E-state index contributed by atoms with van der Waals surface area (Å²) in [5.41, 5.74) is 8.89. The molecule has 2 heterocycles. The molecule has 0 bridgehead atoms. The number of pyridine rings is 1. The molecule has 4 nitrogen and oxygen atoms in total. The zero-order chi connectivity index (χ0) is 13.1. The van der Waals surface area contributed by atoms with Crippen LogP contribution < -0.4 is 5.73 Å². The standard InChI is InChI=1S/C15H14N4/c16-9-12-6-7-17-15(8-12)19-11-14(10-18-19)13-4-2-1-3-5-13/h1-8,10-11H,9,16H2. The topological polar surface area (TPSA) is 56.7 Å². The molecule has 0 aliphatic heterocycles. The minimum atomic E-state index is 0.502. The molecule has 2 aromatic heterocycles. The maximum atomic E-state index is 5.64. The molecular weight excluding hydrogens is 236 g/mol. The van der Waals surface area contributed by atoms with E-state index < -0.39 is 0 Å². The van der Waals surface area contributed by atoms with Gasteiger partial charge in [0.2, 0.25) is 0 Å². The molecule has 1 aromatic carbocycles. The number of aromatic nitrogens is 3. The van der Waals surface area contributed by atoms with Crippen LogP contribution in [0, 0.1) is 0 Å². The Morgan fingerprint density at radius 1 is 1.05 bits per heavy atom. The van der Waals surface area contributed by atoms with Gasteiger partial charge in [0.1, 0.15) is 0 Å². The van der Waals surface area contributed by atoms with Gasteiger partial charge in [-0.3, -0.25) is 0 Å². The van der Waals surface area contributed by atoms with Crippen molar-refractivity contribution in [3.05, 3.63) is 66.6 Å². The fourth-order valence-corrected chi connectivity index (χ4v) is 1.94. The Labute approximate surface area is 111 Å². The molecule has 0 aliphatic carbocycles. The van der Waals surface area contributed by atoms with E-state index in [1.165, 1.54) is 0 Å². The van der Waals surface area contributed by atoms with Gasteiger partial charge in [0, 0.05) is 24.5 Å². The molecule has 2 N–H and O–H groups in total. The third-order valence-electron chi connectivity index (χ3n) is 2.97. The normalized spacial score (nSPS) is 10.6. The molecule has 3 rings (SSSR count). The maximum Gasteiger partial charge on any atom is 0.153 e. The summed E-state index contributed by atoms with van der Waals surface area (Å²) in [5.74, 6) is 0.783. The van der Waals surface area contributed by atoms with Crippen molar-refractivity contribution in [2.45, 2.75) is 6.54 Å². The van der Waals surface area contributed by atoms with Crippen LogP contribution in [0.1, 0.15) is 5.56 Å². The van der Waals surface area contributed by atoms with Gasteiger partial charge < -0.3 is 5.73 Å². The molecule has 4 heteroatoms. The Morgan fingerprint density at radius 2 is 1.89 bits per heavy atom. The predicted molar refractivity (Wildman–Crippen MR) is 74.7 cm³/mol. The first-order valence-electron chi connectivity index (χ1n) is 6.12. The minimum Gasteiger partial charge on any atom is -0.326 e. The van der Waals surface area contributed by atoms with Gasteiger partial charge in [-0.15, -0.1) is 0 Å². The Kier molecular flexibility index (Phi) is 3.08. The summed E-state index contributed by atoms with van der Waals surface area (Å²) >= 11 is 0. The second-order valence-electron chi connectivity index (χ2n) is 4.27. The number of rotatable bonds is 3. The van der Waals surface area contributed by atoms with Crippen LogP contribution in [0.5, 0.6) is 0 Å². The van der Waals surface area contributed by atoms with Crippen molar-refractivity contribution in [1.82, 2.24) is 14.8 Å². The molecule has 0 amide bonds. The van der Waals surface area contributed by atoms with E-state index in [-0.39, 0.29) is 0 Å². The lowest BCUT2D eigenvalue weighted by atomic mass is 10.1. The van der Waals surface area contributed by atoms with Crippen molar-refractivity contribution in [1.29, 1.82) is 0 Å². The second-order valence-corrected chi connectivity index (χ2v) is 4.27. The van der Waals surface area contributed by atoms with E-state index in [0.717, 1.165) is 22.5 Å². The number of hydrogen-bond acceptors (Lipinski definition) is 3. The molecule has 0 radical (unpaired) electrons. The first-order chi connectivity index (χ1) is 9.36. The quantitative estimate of drug-likeness (QED) is 0.776. The maximum absolute atomic E-state index is 5.64. The van der Waals surface area contributed by atoms with Crippen molar-refractivity contribution in [2.75, 3.05) is 0 Å². The molecule has 0 aliphatic rings. The Hall–Kier alpha value is -2.46. The number of nitrogens with zero attached hydrogens (tertiary/aromatic N) is 3. The zero-order valence-corrected chi connectivity index (χ0v) is 10.4. The smallest absolute Gasteiger partial charge is 0.153 e. The molecule has 0 unspecified atom stereocenters. The largest absolute Gasteiger partial charge is 0.326 e. The fourth-order valence-electron chi connectivity index (χ4n) is 1.94. The minimum absolute atomic E-state index is 0.502. The number of benzene rings is 1. The van der Waals surface area contributed by atoms with E-state index in [0.29, 0.717) is 6.54 Å². The highest BCUT2D eigenvalue weighted by Crippen LogP contribution is 2.19. The molecule has 19 heavy (non-hydrogen) atoms. The van der Waals surface area contributed by atoms with Crippen LogP contribution in [0.2, 0.25) is 0 Å². The summed E-state index contributed by atoms with van der Waals surface area (Å²) < 4.78 is 1.77. The van der Waals surface area contributed by atoms with E-state index in [2.05, 4.69) is 22.2 Å². The second kappa shape index (κ2) is 5.04. The lowest BCUT2D eigenvalue weighted by Gasteiger charge is -2.02. The van der Waals surface area contributed by atoms with Crippen molar-refractivity contribution >= 4 is 0 Å². The summed E-state index contributed by atoms with van der Waals surface area (Å²) in [6, 6.07) is 14.0. The molecule has 3 aromatic rings. The average Bonchev–Trinajstić information content (AvgIpc) is 2.98. The first kappa shape index (κ1) is 11.6. The van der Waals surface area contributed by atoms with Gasteiger partial charge in [0.15, 0.2) is 5.82 Å². The van der Waals surface area contributed by atoms with Crippen LogP contribution in [-0.2, 0) is 6.54 Å². The molecule has 0 spiro atoms. The average molecular weight is 250 g/mol. The van der Waals surface area contributed by atoms with E-state index in [1.807, 2.05) is 42.7 Å². The van der Waals surface area contributed by atoms with Crippen LogP contribution in [-0.4, -0.2) is 14.8 Å². The highest BCUT2D eigenvalue weighted by atomic mass is 15.3. The summed E-state index contributed by atoms with van der Waals surface area (Å²) in [6.07, 6.45) is 5.56. The monoisotopic (exact) mass is 250 g/mol. The number of nitrogens with two attached hydrogens (primary N) is 1. The third kappa shape index (κ3) is 2.39. The van der Waals surface area contributed by atoms with Gasteiger partial charge in [-0.25, -0.2) is 9.67 Å². The summed E-state index contributed by atoms with van der Waals surface area (Å²) in [6.45, 7) is 0.502. The van der Waals surface area contributed by atoms with Crippen LogP contribution in [0.25, 0.3) is 16.9 Å². The number of hydrogen-bond donors (Lipinski definition) is 1. The van der Waals surface area contributed by atoms with Crippen LogP contribution >= 0.6 is 0 Å². The first-order valence-corrected chi connectivity index (χ1v) is 6.12. The fraction of sp³-hybridized carbons (Fsp3) is 0.0667. The lowest BCUT2D eigenvalue weighted by molar-refractivity contribution is 0.841. The SMILES string of the molecule is NCc1ccnc(-n2cc(-c3ccccc3)cn2)c1. The Morgan fingerprint density at radius 3 is 2.68 bits per heavy atom.